The van der Waals surface area contributed by atoms with E-state index < -0.39 is 47.3 Å². The Morgan fingerprint density at radius 3 is 1.35 bits per heavy atom. The summed E-state index contributed by atoms with van der Waals surface area (Å²) < 4.78 is 0. The molecule has 14 nitrogen and oxygen atoms in total. The summed E-state index contributed by atoms with van der Waals surface area (Å²) >= 11 is 30.7. The zero-order valence-electron chi connectivity index (χ0n) is 34.8. The number of alkyl halides is 3. The largest absolute Gasteiger partial charge is 0.324 e. The highest BCUT2D eigenvalue weighted by Crippen LogP contribution is 2.30. The SMILES string of the molecule is CC(=O)C(N=Nc1cc(C(=O)Nc2ccccc2CCCl)ccc1Cl)C(=O)Nc1ccc(NC(=O)C(N=Nc2cc(C(=O)Nc3ccccc3CCCl)ccc2Cl)C(C)=O)c(CCCl)c1. The molecule has 4 N–H and O–H groups in total. The fourth-order valence-electron chi connectivity index (χ4n) is 6.16. The quantitative estimate of drug-likeness (QED) is 0.0340. The van der Waals surface area contributed by atoms with Crippen LogP contribution < -0.4 is 21.3 Å². The zero-order valence-corrected chi connectivity index (χ0v) is 38.6. The van der Waals surface area contributed by atoms with Gasteiger partial charge >= 0.3 is 0 Å². The number of nitrogens with zero attached hydrogens (tertiary/aromatic N) is 4. The predicted molar refractivity (Wildman–Crippen MR) is 257 cm³/mol. The number of amides is 4. The van der Waals surface area contributed by atoms with Crippen LogP contribution in [0.1, 0.15) is 51.3 Å². The summed E-state index contributed by atoms with van der Waals surface area (Å²) in [5, 5.41) is 27.3. The number of halogens is 5. The first-order valence-corrected chi connectivity index (χ1v) is 22.2. The molecule has 0 saturated heterocycles. The van der Waals surface area contributed by atoms with Gasteiger partial charge in [-0.05, 0) is 117 Å². The van der Waals surface area contributed by atoms with E-state index in [9.17, 15) is 28.8 Å². The van der Waals surface area contributed by atoms with Crippen LogP contribution in [0, 0.1) is 0 Å². The Kier molecular flexibility index (Phi) is 18.7. The van der Waals surface area contributed by atoms with Crippen LogP contribution in [0.3, 0.4) is 0 Å². The summed E-state index contributed by atoms with van der Waals surface area (Å²) in [5.74, 6) is -3.00. The minimum absolute atomic E-state index is 0.0405. The second-order valence-corrected chi connectivity index (χ2v) is 16.1. The van der Waals surface area contributed by atoms with Crippen LogP contribution in [-0.2, 0) is 38.4 Å². The summed E-state index contributed by atoms with van der Waals surface area (Å²) in [7, 11) is 0. The van der Waals surface area contributed by atoms with Gasteiger partial charge in [-0.1, -0.05) is 59.6 Å². The number of carbonyl (C=O) groups excluding carboxylic acids is 6. The highest BCUT2D eigenvalue weighted by atomic mass is 35.5. The first-order chi connectivity index (χ1) is 31.2. The van der Waals surface area contributed by atoms with Gasteiger partial charge in [0.2, 0.25) is 12.1 Å². The van der Waals surface area contributed by atoms with E-state index in [1.165, 1.54) is 68.4 Å². The lowest BCUT2D eigenvalue weighted by molar-refractivity contribution is -0.127. The van der Waals surface area contributed by atoms with E-state index in [1.54, 1.807) is 24.3 Å². The Morgan fingerprint density at radius 1 is 0.492 bits per heavy atom. The minimum Gasteiger partial charge on any atom is -0.324 e. The molecule has 5 aromatic carbocycles. The number of Topliss-reactive ketones (excluding diaryl/α,β-unsaturated/α-hetero) is 2. The minimum atomic E-state index is -1.61. The lowest BCUT2D eigenvalue weighted by atomic mass is 10.1. The number of nitrogens with one attached hydrogen (secondary N) is 4. The Morgan fingerprint density at radius 2 is 0.908 bits per heavy atom. The number of anilines is 4. The second kappa shape index (κ2) is 24.3. The number of rotatable bonds is 20. The number of azo groups is 2. The third-order valence-corrected chi connectivity index (χ3v) is 10.7. The van der Waals surface area contributed by atoms with E-state index in [0.717, 1.165) is 11.1 Å². The molecular weight excluding hydrogens is 938 g/mol. The molecule has 5 rings (SSSR count). The van der Waals surface area contributed by atoms with Crippen molar-refractivity contribution in [3.63, 3.8) is 0 Å². The molecule has 0 saturated carbocycles. The van der Waals surface area contributed by atoms with Crippen molar-refractivity contribution in [1.29, 1.82) is 0 Å². The number of benzene rings is 5. The van der Waals surface area contributed by atoms with Crippen LogP contribution in [0.2, 0.25) is 10.0 Å². The van der Waals surface area contributed by atoms with Crippen molar-refractivity contribution in [3.8, 4) is 0 Å². The fourth-order valence-corrected chi connectivity index (χ4v) is 7.09. The van der Waals surface area contributed by atoms with E-state index in [0.29, 0.717) is 41.5 Å². The Hall–Kier alpha value is -6.03. The van der Waals surface area contributed by atoms with Crippen LogP contribution in [0.4, 0.5) is 34.1 Å². The molecule has 0 aliphatic heterocycles. The summed E-state index contributed by atoms with van der Waals surface area (Å²) in [6.07, 6.45) is 1.30. The Bertz CT molecular complexity index is 2660. The van der Waals surface area contributed by atoms with Crippen molar-refractivity contribution >= 4 is 127 Å². The van der Waals surface area contributed by atoms with Crippen molar-refractivity contribution < 1.29 is 28.8 Å². The molecule has 0 aliphatic rings. The van der Waals surface area contributed by atoms with Gasteiger partial charge in [0.1, 0.15) is 11.4 Å². The second-order valence-electron chi connectivity index (χ2n) is 14.2. The van der Waals surface area contributed by atoms with Gasteiger partial charge in [-0.2, -0.15) is 20.5 Å². The molecule has 2 unspecified atom stereocenters. The monoisotopic (exact) mass is 976 g/mol. The maximum absolute atomic E-state index is 13.5. The van der Waals surface area contributed by atoms with Gasteiger partial charge in [0.05, 0.1) is 10.0 Å². The molecule has 2 atom stereocenters. The Balaban J connectivity index is 1.28. The van der Waals surface area contributed by atoms with Gasteiger partial charge < -0.3 is 21.3 Å². The van der Waals surface area contributed by atoms with Crippen molar-refractivity contribution in [2.24, 2.45) is 20.5 Å². The molecule has 0 heterocycles. The molecule has 19 heteroatoms. The highest BCUT2D eigenvalue weighted by Gasteiger charge is 2.26. The average molecular weight is 979 g/mol. The highest BCUT2D eigenvalue weighted by molar-refractivity contribution is 6.33. The van der Waals surface area contributed by atoms with Crippen molar-refractivity contribution in [1.82, 2.24) is 0 Å². The number of ketones is 2. The van der Waals surface area contributed by atoms with Crippen molar-refractivity contribution in [3.05, 3.63) is 141 Å². The molecule has 0 spiro atoms. The van der Waals surface area contributed by atoms with E-state index in [4.69, 9.17) is 58.0 Å². The molecule has 4 amide bonds. The van der Waals surface area contributed by atoms with Gasteiger partial charge in [0.15, 0.2) is 11.6 Å². The lowest BCUT2D eigenvalue weighted by Crippen LogP contribution is -2.32. The number of aryl methyl sites for hydroxylation is 3. The first-order valence-electron chi connectivity index (χ1n) is 19.9. The number of hydrogen-bond acceptors (Lipinski definition) is 10. The molecule has 5 aromatic rings. The van der Waals surface area contributed by atoms with Crippen LogP contribution >= 0.6 is 58.0 Å². The number of carbonyl (C=O) groups is 6. The molecule has 0 bridgehead atoms. The van der Waals surface area contributed by atoms with E-state index in [2.05, 4.69) is 41.7 Å². The molecule has 0 fully saturated rings. The van der Waals surface area contributed by atoms with Gasteiger partial charge in [-0.15, -0.1) is 34.8 Å². The van der Waals surface area contributed by atoms with Crippen molar-refractivity contribution in [2.75, 3.05) is 38.9 Å². The standard InChI is InChI=1S/C46H41Cl5N8O6/c1-26(60)41(58-56-39-24-31(11-14-34(39)50)43(62)53-36-9-5-3-7-28(36)17-20-47)45(64)52-33-13-16-38(30(23-33)19-22-49)55-46(65)42(27(2)61)59-57-40-25-32(12-15-35(40)51)44(63)54-37-10-6-4-8-29(37)18-21-48/h3-16,23-25,41-42H,17-22H2,1-2H3,(H,52,64)(H,53,62)(H,54,63)(H,55,65). The normalized spacial score (nSPS) is 12.1. The van der Waals surface area contributed by atoms with Gasteiger partial charge in [0.25, 0.3) is 23.6 Å². The predicted octanol–water partition coefficient (Wildman–Crippen LogP) is 11.2. The number of hydrogen-bond donors (Lipinski definition) is 4. The summed E-state index contributed by atoms with van der Waals surface area (Å²) in [6.45, 7) is 2.33. The van der Waals surface area contributed by atoms with E-state index in [1.807, 2.05) is 24.3 Å². The third-order valence-electron chi connectivity index (χ3n) is 9.50. The van der Waals surface area contributed by atoms with Crippen LogP contribution in [0.5, 0.6) is 0 Å². The fraction of sp³-hybridized carbons (Fsp3) is 0.217. The summed E-state index contributed by atoms with van der Waals surface area (Å²) in [5.41, 5.74) is 4.30. The molecule has 65 heavy (non-hydrogen) atoms. The molecular formula is C46H41Cl5N8O6. The molecule has 336 valence electrons. The van der Waals surface area contributed by atoms with E-state index in [-0.39, 0.29) is 56.2 Å². The van der Waals surface area contributed by atoms with Crippen LogP contribution in [-0.4, -0.2) is 64.9 Å². The average Bonchev–Trinajstić information content (AvgIpc) is 3.27. The summed E-state index contributed by atoms with van der Waals surface area (Å²) in [4.78, 5) is 78.6. The van der Waals surface area contributed by atoms with Crippen LogP contribution in [0.15, 0.2) is 124 Å². The first kappa shape index (κ1) is 50.0. The lowest BCUT2D eigenvalue weighted by Gasteiger charge is -2.15. The van der Waals surface area contributed by atoms with Gasteiger partial charge in [-0.3, -0.25) is 28.8 Å². The van der Waals surface area contributed by atoms with Crippen LogP contribution in [0.25, 0.3) is 0 Å². The Labute approximate surface area is 399 Å². The van der Waals surface area contributed by atoms with E-state index >= 15 is 0 Å². The number of para-hydroxylation sites is 2. The maximum Gasteiger partial charge on any atom is 0.258 e. The third kappa shape index (κ3) is 14.0. The molecule has 0 aromatic heterocycles. The smallest absolute Gasteiger partial charge is 0.258 e. The van der Waals surface area contributed by atoms with Gasteiger partial charge in [0, 0.05) is 51.5 Å². The van der Waals surface area contributed by atoms with Crippen molar-refractivity contribution in [2.45, 2.75) is 45.2 Å². The molecule has 0 radical (unpaired) electrons. The van der Waals surface area contributed by atoms with Gasteiger partial charge in [-0.25, -0.2) is 0 Å². The molecule has 0 aliphatic carbocycles. The zero-order chi connectivity index (χ0) is 47.0. The maximum atomic E-state index is 13.5. The summed E-state index contributed by atoms with van der Waals surface area (Å²) in [6, 6.07) is 24.4. The topological polar surface area (TPSA) is 200 Å².